The van der Waals surface area contributed by atoms with Crippen LogP contribution in [0.5, 0.6) is 0 Å². The summed E-state index contributed by atoms with van der Waals surface area (Å²) >= 11 is 7.00. The highest BCUT2D eigenvalue weighted by Crippen LogP contribution is 2.39. The van der Waals surface area contributed by atoms with E-state index in [9.17, 15) is 40.9 Å². The fraction of sp³-hybridized carbons (Fsp3) is 0.769. The second-order valence-electron chi connectivity index (χ2n) is 11.0. The van der Waals surface area contributed by atoms with Crippen LogP contribution in [-0.2, 0) is 20.8 Å². The SMILES string of the molecule is OC[C@H]1O[C@@H](COC[C@@H]2[C@@H](CO)O[C@](O)(Nc3c(Br)cc(Br)cc3CNC3CCC(O)CC3)[C@H]2O)[C@H](O)[C@@H](O)[C@H]1O. The molecule has 3 aliphatic rings. The van der Waals surface area contributed by atoms with Gasteiger partial charge in [0.15, 0.2) is 0 Å². The molecule has 0 bridgehead atoms. The summed E-state index contributed by atoms with van der Waals surface area (Å²) in [4.78, 5) is 0. The highest BCUT2D eigenvalue weighted by molar-refractivity contribution is 9.11. The zero-order valence-electron chi connectivity index (χ0n) is 22.4. The molecule has 1 aliphatic carbocycles. The van der Waals surface area contributed by atoms with E-state index in [4.69, 9.17) is 14.2 Å². The minimum Gasteiger partial charge on any atom is -0.394 e. The van der Waals surface area contributed by atoms with Crippen molar-refractivity contribution in [2.75, 3.05) is 31.7 Å². The van der Waals surface area contributed by atoms with E-state index in [-0.39, 0.29) is 25.4 Å². The van der Waals surface area contributed by atoms with Crippen molar-refractivity contribution in [2.45, 2.75) is 93.0 Å². The molecule has 13 nitrogen and oxygen atoms in total. The monoisotopic (exact) mass is 714 g/mol. The zero-order valence-corrected chi connectivity index (χ0v) is 25.5. The fourth-order valence-corrected chi connectivity index (χ4v) is 7.02. The summed E-state index contributed by atoms with van der Waals surface area (Å²) in [6, 6.07) is 3.87. The van der Waals surface area contributed by atoms with Crippen molar-refractivity contribution in [3.05, 3.63) is 26.6 Å². The quantitative estimate of drug-likeness (QED) is 0.123. The Morgan fingerprint density at radius 2 is 1.54 bits per heavy atom. The molecule has 234 valence electrons. The van der Waals surface area contributed by atoms with Crippen LogP contribution in [0.3, 0.4) is 0 Å². The van der Waals surface area contributed by atoms with Crippen molar-refractivity contribution in [1.82, 2.24) is 5.32 Å². The molecule has 41 heavy (non-hydrogen) atoms. The van der Waals surface area contributed by atoms with E-state index in [1.165, 1.54) is 0 Å². The van der Waals surface area contributed by atoms with Gasteiger partial charge < -0.3 is 65.7 Å². The number of benzene rings is 1. The van der Waals surface area contributed by atoms with Gasteiger partial charge in [-0.2, -0.15) is 0 Å². The molecular weight excluding hydrogens is 676 g/mol. The van der Waals surface area contributed by atoms with Gasteiger partial charge in [-0.05, 0) is 59.3 Å². The van der Waals surface area contributed by atoms with E-state index in [2.05, 4.69) is 42.5 Å². The number of anilines is 1. The first-order chi connectivity index (χ1) is 19.5. The molecule has 0 amide bonds. The molecule has 2 aliphatic heterocycles. The maximum Gasteiger partial charge on any atom is 0.275 e. The standard InChI is InChI=1S/C26H40Br2N2O11/c27-13-5-12(7-29-14-1-3-15(33)4-2-14)21(17(28)6-13)30-26(38)25(37)16(18(8-31)41-26)10-39-11-20-23(35)24(36)22(34)19(9-32)40-20/h5-6,14-16,18-20,22-25,29-38H,1-4,7-11H2/t14?,15?,16-,18-,19-,20+,22+,23+,24+,25+,26+/m1/s1. The number of aliphatic hydroxyl groups excluding tert-OH is 7. The number of ether oxygens (including phenoxy) is 3. The summed E-state index contributed by atoms with van der Waals surface area (Å²) in [7, 11) is 0. The lowest BCUT2D eigenvalue weighted by atomic mass is 9.93. The van der Waals surface area contributed by atoms with E-state index in [0.29, 0.717) is 16.7 Å². The molecule has 9 atom stereocenters. The average Bonchev–Trinajstić information content (AvgIpc) is 3.19. The van der Waals surface area contributed by atoms with Crippen LogP contribution in [-0.4, -0.2) is 128 Å². The molecule has 3 fully saturated rings. The number of halogens is 2. The van der Waals surface area contributed by atoms with Gasteiger partial charge in [0.2, 0.25) is 0 Å². The van der Waals surface area contributed by atoms with Gasteiger partial charge in [0.05, 0.1) is 44.3 Å². The van der Waals surface area contributed by atoms with Crippen molar-refractivity contribution in [1.29, 1.82) is 0 Å². The Labute approximate surface area is 254 Å². The van der Waals surface area contributed by atoms with Crippen molar-refractivity contribution < 1.29 is 55.1 Å². The van der Waals surface area contributed by atoms with E-state index in [1.807, 2.05) is 6.07 Å². The minimum absolute atomic E-state index is 0.213. The molecule has 0 spiro atoms. The Balaban J connectivity index is 1.41. The Morgan fingerprint density at radius 1 is 0.878 bits per heavy atom. The van der Waals surface area contributed by atoms with Crippen molar-refractivity contribution in [3.63, 3.8) is 0 Å². The highest BCUT2D eigenvalue weighted by atomic mass is 79.9. The predicted molar refractivity (Wildman–Crippen MR) is 152 cm³/mol. The van der Waals surface area contributed by atoms with Crippen LogP contribution in [0.2, 0.25) is 0 Å². The molecule has 10 N–H and O–H groups in total. The predicted octanol–water partition coefficient (Wildman–Crippen LogP) is -1.11. The summed E-state index contributed by atoms with van der Waals surface area (Å²) in [6.07, 6.45) is -6.37. The number of hydrogen-bond acceptors (Lipinski definition) is 13. The van der Waals surface area contributed by atoms with Gasteiger partial charge in [-0.25, -0.2) is 0 Å². The van der Waals surface area contributed by atoms with Crippen LogP contribution in [0.15, 0.2) is 21.1 Å². The first kappa shape index (κ1) is 33.4. The fourth-order valence-electron chi connectivity index (χ4n) is 5.61. The molecule has 1 aromatic rings. The number of hydrogen-bond donors (Lipinski definition) is 10. The lowest BCUT2D eigenvalue weighted by Gasteiger charge is -2.40. The summed E-state index contributed by atoms with van der Waals surface area (Å²) in [5, 5.41) is 88.2. The van der Waals surface area contributed by atoms with Crippen LogP contribution >= 0.6 is 31.9 Å². The highest BCUT2D eigenvalue weighted by Gasteiger charge is 2.54. The number of aliphatic hydroxyl groups is 8. The largest absolute Gasteiger partial charge is 0.394 e. The summed E-state index contributed by atoms with van der Waals surface area (Å²) in [5.74, 6) is -3.18. The maximum absolute atomic E-state index is 11.4. The molecule has 0 unspecified atom stereocenters. The molecule has 2 heterocycles. The van der Waals surface area contributed by atoms with Gasteiger partial charge in [0.1, 0.15) is 36.6 Å². The summed E-state index contributed by atoms with van der Waals surface area (Å²) in [5.41, 5.74) is 1.24. The molecular formula is C26H40Br2N2O11. The molecule has 2 saturated heterocycles. The lowest BCUT2D eigenvalue weighted by molar-refractivity contribution is -0.240. The van der Waals surface area contributed by atoms with Crippen LogP contribution < -0.4 is 10.6 Å². The topological polar surface area (TPSA) is 214 Å². The van der Waals surface area contributed by atoms with Crippen molar-refractivity contribution in [2.24, 2.45) is 5.92 Å². The van der Waals surface area contributed by atoms with E-state index >= 15 is 0 Å². The minimum atomic E-state index is -2.29. The van der Waals surface area contributed by atoms with Crippen LogP contribution in [0, 0.1) is 5.92 Å². The van der Waals surface area contributed by atoms with Crippen molar-refractivity contribution >= 4 is 37.5 Å². The third-order valence-corrected chi connectivity index (χ3v) is 9.18. The number of nitrogens with one attached hydrogen (secondary N) is 2. The van der Waals surface area contributed by atoms with Gasteiger partial charge in [-0.15, -0.1) is 0 Å². The average molecular weight is 716 g/mol. The van der Waals surface area contributed by atoms with Gasteiger partial charge in [-0.1, -0.05) is 15.9 Å². The molecule has 15 heteroatoms. The van der Waals surface area contributed by atoms with Gasteiger partial charge in [0.25, 0.3) is 5.91 Å². The normalized spacial score (nSPS) is 39.7. The summed E-state index contributed by atoms with van der Waals surface area (Å²) < 4.78 is 18.2. The molecule has 1 aromatic carbocycles. The first-order valence-electron chi connectivity index (χ1n) is 13.7. The van der Waals surface area contributed by atoms with Gasteiger partial charge >= 0.3 is 0 Å². The summed E-state index contributed by atoms with van der Waals surface area (Å²) in [6.45, 7) is -1.15. The van der Waals surface area contributed by atoms with Crippen molar-refractivity contribution in [3.8, 4) is 0 Å². The Kier molecular flexibility index (Phi) is 11.8. The lowest BCUT2D eigenvalue weighted by Crippen LogP contribution is -2.59. The zero-order chi connectivity index (χ0) is 29.9. The van der Waals surface area contributed by atoms with E-state index in [1.54, 1.807) is 6.07 Å². The maximum atomic E-state index is 11.4. The molecule has 0 radical (unpaired) electrons. The Bertz CT molecular complexity index is 1000. The third kappa shape index (κ3) is 7.78. The van der Waals surface area contributed by atoms with Crippen LogP contribution in [0.1, 0.15) is 31.2 Å². The Hall–Kier alpha value is -0.500. The van der Waals surface area contributed by atoms with E-state index < -0.39 is 67.8 Å². The smallest absolute Gasteiger partial charge is 0.275 e. The van der Waals surface area contributed by atoms with Gasteiger partial charge in [-0.3, -0.25) is 0 Å². The van der Waals surface area contributed by atoms with Gasteiger partial charge in [0, 0.05) is 27.4 Å². The van der Waals surface area contributed by atoms with Crippen LogP contribution in [0.25, 0.3) is 0 Å². The second kappa shape index (κ2) is 14.5. The number of rotatable bonds is 11. The Morgan fingerprint density at radius 3 is 2.20 bits per heavy atom. The molecule has 4 rings (SSSR count). The van der Waals surface area contributed by atoms with E-state index in [0.717, 1.165) is 35.7 Å². The second-order valence-corrected chi connectivity index (χ2v) is 12.8. The third-order valence-electron chi connectivity index (χ3n) is 8.10. The van der Waals surface area contributed by atoms with Crippen LogP contribution in [0.4, 0.5) is 5.69 Å². The first-order valence-corrected chi connectivity index (χ1v) is 15.3. The molecule has 0 aromatic heterocycles. The molecule has 1 saturated carbocycles.